The molecule has 0 fully saturated rings. The third-order valence-corrected chi connectivity index (χ3v) is 18.0. The van der Waals surface area contributed by atoms with Crippen LogP contribution in [0.15, 0.2) is 0 Å². The molecule has 0 spiro atoms. The van der Waals surface area contributed by atoms with E-state index < -0.39 is 18.7 Å². The number of unbranched alkanes of at least 4 members (excludes halogenated alkanes) is 3. The predicted molar refractivity (Wildman–Crippen MR) is 78.6 cm³/mol. The van der Waals surface area contributed by atoms with Gasteiger partial charge >= 0.3 is 108 Å². The first-order chi connectivity index (χ1) is 7.74. The average molecular weight is 334 g/mol. The molecule has 0 aliphatic rings. The van der Waals surface area contributed by atoms with Gasteiger partial charge in [0.2, 0.25) is 0 Å². The summed E-state index contributed by atoms with van der Waals surface area (Å²) in [6.45, 7) is 10.5. The van der Waals surface area contributed by atoms with Crippen LogP contribution in [0.2, 0.25) is 13.3 Å². The Morgan fingerprint density at radius 1 is 0.688 bits per heavy atom. The quantitative estimate of drug-likeness (QED) is 0.528. The van der Waals surface area contributed by atoms with Gasteiger partial charge in [-0.15, -0.1) is 0 Å². The Balaban J connectivity index is 4.32. The standard InChI is InChI=1S/3C4H9.C2H6N.Sn/c3*1-3-4-2;1-2-3;/h3*1,3-4H2,2H3;3H,2H2,1H3;/q;;;-1;+1. The van der Waals surface area contributed by atoms with Crippen LogP contribution in [-0.4, -0.2) is 25.2 Å². The summed E-state index contributed by atoms with van der Waals surface area (Å²) in [5.41, 5.74) is 0. The molecular weight excluding hydrogens is 301 g/mol. The summed E-state index contributed by atoms with van der Waals surface area (Å²) in [5, 5.41) is 0. The van der Waals surface area contributed by atoms with Crippen LogP contribution in [0.3, 0.4) is 0 Å². The molecule has 16 heavy (non-hydrogen) atoms. The Morgan fingerprint density at radius 2 is 1.06 bits per heavy atom. The van der Waals surface area contributed by atoms with Gasteiger partial charge in [0.15, 0.2) is 0 Å². The molecule has 0 heterocycles. The molecule has 0 rings (SSSR count). The summed E-state index contributed by atoms with van der Waals surface area (Å²) in [4.78, 5) is 0. The fraction of sp³-hybridized carbons (Fsp3) is 1.00. The van der Waals surface area contributed by atoms with Crippen LogP contribution in [0, 0.1) is 0 Å². The molecular formula is C14H33NSn. The van der Waals surface area contributed by atoms with Crippen molar-refractivity contribution in [2.75, 3.05) is 6.54 Å². The Bertz CT molecular complexity index is 126. The number of rotatable bonds is 11. The zero-order valence-electron chi connectivity index (χ0n) is 12.1. The minimum atomic E-state index is -1.91. The minimum absolute atomic E-state index is 1.22. The maximum absolute atomic E-state index is 4.01. The van der Waals surface area contributed by atoms with Crippen molar-refractivity contribution < 1.29 is 0 Å². The average Bonchev–Trinajstić information content (AvgIpc) is 2.31. The van der Waals surface area contributed by atoms with E-state index in [-0.39, 0.29) is 0 Å². The van der Waals surface area contributed by atoms with Gasteiger partial charge in [-0.05, 0) is 0 Å². The van der Waals surface area contributed by atoms with Crippen LogP contribution < -0.4 is 3.54 Å². The van der Waals surface area contributed by atoms with Crippen molar-refractivity contribution in [3.05, 3.63) is 0 Å². The number of nitrogens with one attached hydrogen (secondary N) is 1. The van der Waals surface area contributed by atoms with E-state index in [4.69, 9.17) is 0 Å². The van der Waals surface area contributed by atoms with Gasteiger partial charge in [-0.3, -0.25) is 0 Å². The van der Waals surface area contributed by atoms with Gasteiger partial charge < -0.3 is 0 Å². The Labute approximate surface area is 108 Å². The second-order valence-electron chi connectivity index (χ2n) is 5.12. The van der Waals surface area contributed by atoms with Crippen LogP contribution in [0.4, 0.5) is 0 Å². The second kappa shape index (κ2) is 10.9. The first-order valence-corrected chi connectivity index (χ1v) is 15.0. The Kier molecular flexibility index (Phi) is 11.4. The zero-order valence-corrected chi connectivity index (χ0v) is 14.9. The fourth-order valence-corrected chi connectivity index (χ4v) is 17.2. The summed E-state index contributed by atoms with van der Waals surface area (Å²) in [5.74, 6) is 0. The zero-order chi connectivity index (χ0) is 12.3. The molecule has 0 aromatic carbocycles. The van der Waals surface area contributed by atoms with Crippen LogP contribution in [0.5, 0.6) is 0 Å². The van der Waals surface area contributed by atoms with Crippen molar-refractivity contribution in [1.29, 1.82) is 0 Å². The predicted octanol–water partition coefficient (Wildman–Crippen LogP) is 4.94. The SMILES string of the molecule is CCC[CH2][Sn]([CH2]CCC)([CH2]CCC)[NH]CC. The molecule has 98 valence electrons. The Hall–Kier alpha value is 0.759. The molecule has 0 aliphatic carbocycles. The molecule has 0 atom stereocenters. The van der Waals surface area contributed by atoms with Gasteiger partial charge in [0.1, 0.15) is 0 Å². The van der Waals surface area contributed by atoms with E-state index in [9.17, 15) is 0 Å². The molecule has 0 bridgehead atoms. The topological polar surface area (TPSA) is 12.0 Å². The molecule has 0 radical (unpaired) electrons. The van der Waals surface area contributed by atoms with Crippen LogP contribution in [0.1, 0.15) is 66.2 Å². The van der Waals surface area contributed by atoms with Gasteiger partial charge in [-0.25, -0.2) is 0 Å². The normalized spacial score (nSPS) is 12.0. The van der Waals surface area contributed by atoms with E-state index in [0.717, 1.165) is 0 Å². The van der Waals surface area contributed by atoms with Crippen molar-refractivity contribution in [3.63, 3.8) is 0 Å². The second-order valence-corrected chi connectivity index (χ2v) is 17.7. The van der Waals surface area contributed by atoms with Crippen LogP contribution in [0.25, 0.3) is 0 Å². The first kappa shape index (κ1) is 16.8. The summed E-state index contributed by atoms with van der Waals surface area (Å²) in [7, 11) is 0. The summed E-state index contributed by atoms with van der Waals surface area (Å²) >= 11 is -1.91. The van der Waals surface area contributed by atoms with Crippen molar-refractivity contribution in [3.8, 4) is 0 Å². The molecule has 0 saturated carbocycles. The molecule has 1 N–H and O–H groups in total. The maximum atomic E-state index is 4.01. The van der Waals surface area contributed by atoms with E-state index in [2.05, 4.69) is 31.2 Å². The molecule has 0 amide bonds. The van der Waals surface area contributed by atoms with E-state index in [1.807, 2.05) is 0 Å². The van der Waals surface area contributed by atoms with Crippen LogP contribution in [-0.2, 0) is 0 Å². The van der Waals surface area contributed by atoms with Gasteiger partial charge in [0.05, 0.1) is 0 Å². The van der Waals surface area contributed by atoms with E-state index in [1.165, 1.54) is 45.1 Å². The molecule has 0 aromatic heterocycles. The molecule has 0 saturated heterocycles. The van der Waals surface area contributed by atoms with E-state index in [0.29, 0.717) is 0 Å². The number of hydrogen-bond acceptors (Lipinski definition) is 1. The van der Waals surface area contributed by atoms with Crippen molar-refractivity contribution in [2.24, 2.45) is 0 Å². The molecule has 0 unspecified atom stereocenters. The molecule has 0 aliphatic heterocycles. The fourth-order valence-electron chi connectivity index (χ4n) is 2.56. The molecule has 1 nitrogen and oxygen atoms in total. The summed E-state index contributed by atoms with van der Waals surface area (Å²) in [6, 6.07) is 0. The Morgan fingerprint density at radius 3 is 1.31 bits per heavy atom. The molecule has 0 aromatic rings. The van der Waals surface area contributed by atoms with Crippen molar-refractivity contribution in [1.82, 2.24) is 3.54 Å². The van der Waals surface area contributed by atoms with Gasteiger partial charge in [0, 0.05) is 0 Å². The number of hydrogen-bond donors (Lipinski definition) is 1. The summed E-state index contributed by atoms with van der Waals surface area (Å²) in [6.07, 6.45) is 8.54. The van der Waals surface area contributed by atoms with Gasteiger partial charge in [-0.2, -0.15) is 0 Å². The van der Waals surface area contributed by atoms with Crippen molar-refractivity contribution >= 4 is 18.7 Å². The first-order valence-electron chi connectivity index (χ1n) is 7.49. The monoisotopic (exact) mass is 335 g/mol. The van der Waals surface area contributed by atoms with E-state index >= 15 is 0 Å². The van der Waals surface area contributed by atoms with Gasteiger partial charge in [0.25, 0.3) is 0 Å². The van der Waals surface area contributed by atoms with Crippen molar-refractivity contribution in [2.45, 2.75) is 79.5 Å². The summed E-state index contributed by atoms with van der Waals surface area (Å²) < 4.78 is 8.76. The third-order valence-electron chi connectivity index (χ3n) is 3.58. The van der Waals surface area contributed by atoms with Crippen LogP contribution >= 0.6 is 0 Å². The van der Waals surface area contributed by atoms with E-state index in [1.54, 1.807) is 13.3 Å². The third kappa shape index (κ3) is 7.16. The molecule has 2 heteroatoms. The van der Waals surface area contributed by atoms with Gasteiger partial charge in [-0.1, -0.05) is 0 Å².